The molecule has 2 rings (SSSR count). The van der Waals surface area contributed by atoms with Gasteiger partial charge in [-0.25, -0.2) is 0 Å². The SMILES string of the molecule is C=[N+]1C=[N+](C)c2ccccc21. The first-order valence-corrected chi connectivity index (χ1v) is 3.55. The van der Waals surface area contributed by atoms with Crippen molar-refractivity contribution in [2.45, 2.75) is 0 Å². The van der Waals surface area contributed by atoms with E-state index in [0.29, 0.717) is 0 Å². The lowest BCUT2D eigenvalue weighted by molar-refractivity contribution is -0.428. The zero-order valence-electron chi connectivity index (χ0n) is 6.49. The summed E-state index contributed by atoms with van der Waals surface area (Å²) in [6.45, 7) is 3.87. The molecule has 1 aromatic carbocycles. The van der Waals surface area contributed by atoms with Crippen molar-refractivity contribution in [3.05, 3.63) is 24.3 Å². The van der Waals surface area contributed by atoms with Gasteiger partial charge in [-0.3, -0.25) is 0 Å². The maximum absolute atomic E-state index is 3.87. The van der Waals surface area contributed by atoms with Crippen molar-refractivity contribution in [2.24, 2.45) is 0 Å². The van der Waals surface area contributed by atoms with Crippen LogP contribution in [0.1, 0.15) is 0 Å². The smallest absolute Gasteiger partial charge is 0.139 e. The van der Waals surface area contributed by atoms with Gasteiger partial charge in [0.05, 0.1) is 0 Å². The lowest BCUT2D eigenvalue weighted by Gasteiger charge is -1.85. The molecule has 2 heteroatoms. The fourth-order valence-corrected chi connectivity index (χ4v) is 1.34. The van der Waals surface area contributed by atoms with Crippen molar-refractivity contribution in [3.8, 4) is 0 Å². The van der Waals surface area contributed by atoms with Crippen LogP contribution in [0.3, 0.4) is 0 Å². The molecule has 0 fully saturated rings. The van der Waals surface area contributed by atoms with E-state index in [9.17, 15) is 0 Å². The topological polar surface area (TPSA) is 6.02 Å². The van der Waals surface area contributed by atoms with Crippen LogP contribution in [0.2, 0.25) is 0 Å². The molecule has 1 aliphatic heterocycles. The second-order valence-electron chi connectivity index (χ2n) is 2.68. The quantitative estimate of drug-likeness (QED) is 0.487. The normalized spacial score (nSPS) is 14.6. The number of nitrogens with zero attached hydrogens (tertiary/aromatic N) is 2. The van der Waals surface area contributed by atoms with Crippen LogP contribution in [-0.2, 0) is 0 Å². The highest BCUT2D eigenvalue weighted by atomic mass is 15.2. The van der Waals surface area contributed by atoms with Crippen LogP contribution in [0, 0.1) is 0 Å². The first-order chi connectivity index (χ1) is 5.29. The zero-order valence-corrected chi connectivity index (χ0v) is 6.49. The molecule has 0 atom stereocenters. The second kappa shape index (κ2) is 2.02. The van der Waals surface area contributed by atoms with Gasteiger partial charge in [0.15, 0.2) is 0 Å². The third-order valence-corrected chi connectivity index (χ3v) is 1.88. The number of benzene rings is 1. The zero-order chi connectivity index (χ0) is 7.84. The maximum atomic E-state index is 3.87. The molecule has 0 aromatic heterocycles. The van der Waals surface area contributed by atoms with Gasteiger partial charge in [0.25, 0.3) is 11.4 Å². The number of fused-ring (bicyclic) bond motifs is 1. The van der Waals surface area contributed by atoms with Crippen LogP contribution in [0.25, 0.3) is 0 Å². The molecule has 11 heavy (non-hydrogen) atoms. The molecule has 1 aromatic rings. The van der Waals surface area contributed by atoms with Crippen LogP contribution >= 0.6 is 0 Å². The standard InChI is InChI=1S/C9H10N2/c1-10-7-11(2)9-6-4-3-5-8(9)10/h3-7H,1H2,2H3/q+2. The summed E-state index contributed by atoms with van der Waals surface area (Å²) >= 11 is 0. The highest BCUT2D eigenvalue weighted by Crippen LogP contribution is 2.28. The van der Waals surface area contributed by atoms with Crippen molar-refractivity contribution in [3.63, 3.8) is 0 Å². The second-order valence-corrected chi connectivity index (χ2v) is 2.68. The molecule has 54 valence electrons. The lowest BCUT2D eigenvalue weighted by Crippen LogP contribution is -1.97. The summed E-state index contributed by atoms with van der Waals surface area (Å²) in [5.41, 5.74) is 2.37. The molecular formula is C9H10N2+2. The minimum Gasteiger partial charge on any atom is -0.139 e. The molecule has 0 unspecified atom stereocenters. The van der Waals surface area contributed by atoms with E-state index in [4.69, 9.17) is 0 Å². The van der Waals surface area contributed by atoms with Gasteiger partial charge >= 0.3 is 6.34 Å². The van der Waals surface area contributed by atoms with Gasteiger partial charge in [0, 0.05) is 12.1 Å². The van der Waals surface area contributed by atoms with Crippen LogP contribution in [0.15, 0.2) is 24.3 Å². The Bertz CT molecular complexity index is 350. The van der Waals surface area contributed by atoms with E-state index in [1.807, 2.05) is 30.1 Å². The molecule has 0 radical (unpaired) electrons. The van der Waals surface area contributed by atoms with Gasteiger partial charge in [-0.1, -0.05) is 12.1 Å². The predicted octanol–water partition coefficient (Wildman–Crippen LogP) is 1.35. The van der Waals surface area contributed by atoms with E-state index in [2.05, 4.69) is 23.4 Å². The Kier molecular flexibility index (Phi) is 1.15. The molecule has 1 aliphatic rings. The van der Waals surface area contributed by atoms with Gasteiger partial charge in [0.2, 0.25) is 0 Å². The lowest BCUT2D eigenvalue weighted by atomic mass is 10.3. The van der Waals surface area contributed by atoms with E-state index in [1.54, 1.807) is 0 Å². The van der Waals surface area contributed by atoms with E-state index < -0.39 is 0 Å². The average molecular weight is 146 g/mol. The van der Waals surface area contributed by atoms with Crippen LogP contribution < -0.4 is 0 Å². The molecular weight excluding hydrogens is 136 g/mol. The summed E-state index contributed by atoms with van der Waals surface area (Å²) in [5.74, 6) is 0. The Morgan fingerprint density at radius 3 is 2.45 bits per heavy atom. The number of hydrogen-bond donors (Lipinski definition) is 0. The van der Waals surface area contributed by atoms with Crippen molar-refractivity contribution in [1.29, 1.82) is 0 Å². The van der Waals surface area contributed by atoms with Crippen LogP contribution in [0.5, 0.6) is 0 Å². The van der Waals surface area contributed by atoms with Crippen molar-refractivity contribution in [2.75, 3.05) is 7.05 Å². The van der Waals surface area contributed by atoms with Gasteiger partial charge in [-0.05, 0) is 0 Å². The van der Waals surface area contributed by atoms with Crippen LogP contribution in [-0.4, -0.2) is 29.3 Å². The summed E-state index contributed by atoms with van der Waals surface area (Å²) in [5, 5.41) is 0. The third kappa shape index (κ3) is 0.792. The van der Waals surface area contributed by atoms with Crippen molar-refractivity contribution in [1.82, 2.24) is 0 Å². The Morgan fingerprint density at radius 1 is 1.18 bits per heavy atom. The Morgan fingerprint density at radius 2 is 1.82 bits per heavy atom. The Hall–Kier alpha value is -1.44. The maximum Gasteiger partial charge on any atom is 0.412 e. The number of hydrogen-bond acceptors (Lipinski definition) is 0. The molecule has 1 heterocycles. The van der Waals surface area contributed by atoms with Crippen molar-refractivity contribution >= 4 is 24.4 Å². The minimum absolute atomic E-state index is 1.16. The summed E-state index contributed by atoms with van der Waals surface area (Å²) in [6.07, 6.45) is 1.96. The van der Waals surface area contributed by atoms with E-state index in [1.165, 1.54) is 5.69 Å². The first-order valence-electron chi connectivity index (χ1n) is 3.55. The molecule has 0 spiro atoms. The van der Waals surface area contributed by atoms with E-state index in [0.717, 1.165) is 5.69 Å². The van der Waals surface area contributed by atoms with Gasteiger partial charge in [0.1, 0.15) is 13.8 Å². The van der Waals surface area contributed by atoms with Gasteiger partial charge < -0.3 is 0 Å². The minimum atomic E-state index is 1.16. The molecule has 0 saturated carbocycles. The summed E-state index contributed by atoms with van der Waals surface area (Å²) < 4.78 is 3.93. The van der Waals surface area contributed by atoms with Gasteiger partial charge in [-0.2, -0.15) is 0 Å². The fraction of sp³-hybridized carbons (Fsp3) is 0.111. The summed E-state index contributed by atoms with van der Waals surface area (Å²) in [4.78, 5) is 0. The first kappa shape index (κ1) is 6.28. The largest absolute Gasteiger partial charge is 0.412 e. The van der Waals surface area contributed by atoms with E-state index in [-0.39, 0.29) is 0 Å². The summed E-state index contributed by atoms with van der Waals surface area (Å²) in [6, 6.07) is 8.19. The third-order valence-electron chi connectivity index (χ3n) is 1.88. The molecule has 0 amide bonds. The Labute approximate surface area is 65.7 Å². The molecule has 0 bridgehead atoms. The summed E-state index contributed by atoms with van der Waals surface area (Å²) in [7, 11) is 2.02. The highest BCUT2D eigenvalue weighted by molar-refractivity contribution is 5.65. The van der Waals surface area contributed by atoms with E-state index >= 15 is 0 Å². The highest BCUT2D eigenvalue weighted by Gasteiger charge is 2.27. The Balaban J connectivity index is 2.71. The molecule has 0 N–H and O–H groups in total. The number of para-hydroxylation sites is 2. The average Bonchev–Trinajstić information content (AvgIpc) is 2.30. The fourth-order valence-electron chi connectivity index (χ4n) is 1.34. The van der Waals surface area contributed by atoms with Crippen LogP contribution in [0.4, 0.5) is 11.4 Å². The molecule has 2 nitrogen and oxygen atoms in total. The number of rotatable bonds is 0. The van der Waals surface area contributed by atoms with Gasteiger partial charge in [-0.15, -0.1) is 9.15 Å². The molecule has 0 saturated heterocycles. The monoisotopic (exact) mass is 146 g/mol. The predicted molar refractivity (Wildman–Crippen MR) is 45.4 cm³/mol. The van der Waals surface area contributed by atoms with Crippen molar-refractivity contribution < 1.29 is 9.15 Å². The molecule has 0 aliphatic carbocycles.